The van der Waals surface area contributed by atoms with E-state index in [4.69, 9.17) is 22.1 Å². The molecule has 0 saturated carbocycles. The van der Waals surface area contributed by atoms with E-state index < -0.39 is 73.6 Å². The molecule has 0 unspecified atom stereocenters. The van der Waals surface area contributed by atoms with Crippen LogP contribution in [0.4, 0.5) is 26.3 Å². The Kier molecular flexibility index (Phi) is 10.1. The summed E-state index contributed by atoms with van der Waals surface area (Å²) in [5, 5.41) is 2.58. The van der Waals surface area contributed by atoms with Crippen LogP contribution in [0.25, 0.3) is 0 Å². The summed E-state index contributed by atoms with van der Waals surface area (Å²) in [6.07, 6.45) is -16.6. The SMILES string of the molecule is COc1cccc2c1CC(=O)[C@@H](NC(=O)[C@H](CCC(F)(F)F)[C@H](CCC(F)(F)F)C(N)=O)N=C2c1cccc(Cl)c1. The number of carbonyl (C=O) groups is 3. The Labute approximate surface area is 236 Å². The average molecular weight is 606 g/mol. The predicted molar refractivity (Wildman–Crippen MR) is 137 cm³/mol. The van der Waals surface area contributed by atoms with Gasteiger partial charge in [0.25, 0.3) is 0 Å². The number of nitrogens with one attached hydrogen (secondary N) is 1. The zero-order valence-electron chi connectivity index (χ0n) is 21.6. The first-order valence-corrected chi connectivity index (χ1v) is 12.7. The molecule has 0 aromatic heterocycles. The smallest absolute Gasteiger partial charge is 0.389 e. The maximum absolute atomic E-state index is 13.3. The standard InChI is InChI=1S/C27H26ClF6N3O4/c1-41-21-7-3-6-16-19(21)13-20(38)24(36-22(16)14-4-2-5-15(28)12-14)37-25(40)18(9-11-27(32,33)34)17(23(35)39)8-10-26(29,30)31/h2-7,12,17-18,24H,8-11,13H2,1H3,(H2,35,39)(H,37,40)/t17-,18+,24+/m0/s1. The van der Waals surface area contributed by atoms with E-state index in [9.17, 15) is 40.7 Å². The summed E-state index contributed by atoms with van der Waals surface area (Å²) in [5.74, 6) is -6.76. The third-order valence-corrected chi connectivity index (χ3v) is 6.80. The molecule has 1 aliphatic rings. The summed E-state index contributed by atoms with van der Waals surface area (Å²) in [4.78, 5) is 43.1. The maximum Gasteiger partial charge on any atom is 0.389 e. The van der Waals surface area contributed by atoms with Gasteiger partial charge in [-0.05, 0) is 31.0 Å². The molecule has 1 aliphatic heterocycles. The molecule has 0 radical (unpaired) electrons. The number of benzene rings is 2. The van der Waals surface area contributed by atoms with E-state index in [-0.39, 0.29) is 12.1 Å². The van der Waals surface area contributed by atoms with Gasteiger partial charge in [-0.3, -0.25) is 19.4 Å². The van der Waals surface area contributed by atoms with Crippen molar-refractivity contribution in [2.45, 2.75) is 50.6 Å². The number of fused-ring (bicyclic) bond motifs is 1. The van der Waals surface area contributed by atoms with Gasteiger partial charge in [0.15, 0.2) is 11.9 Å². The highest BCUT2D eigenvalue weighted by Gasteiger charge is 2.40. The number of nitrogens with two attached hydrogens (primary N) is 1. The monoisotopic (exact) mass is 605 g/mol. The fourth-order valence-corrected chi connectivity index (χ4v) is 4.81. The van der Waals surface area contributed by atoms with Crippen LogP contribution in [0.15, 0.2) is 47.5 Å². The molecule has 2 amide bonds. The lowest BCUT2D eigenvalue weighted by atomic mass is 9.83. The van der Waals surface area contributed by atoms with E-state index in [1.54, 1.807) is 42.5 Å². The van der Waals surface area contributed by atoms with Crippen LogP contribution in [-0.2, 0) is 20.8 Å². The van der Waals surface area contributed by atoms with Crippen molar-refractivity contribution in [1.82, 2.24) is 5.32 Å². The number of carbonyl (C=O) groups excluding carboxylic acids is 3. The normalized spacial score (nSPS) is 17.1. The molecule has 2 aromatic rings. The molecule has 0 fully saturated rings. The summed E-state index contributed by atoms with van der Waals surface area (Å²) in [7, 11) is 1.39. The molecule has 2 aromatic carbocycles. The summed E-state index contributed by atoms with van der Waals surface area (Å²) in [5.41, 5.74) is 6.77. The molecule has 3 rings (SSSR count). The van der Waals surface area contributed by atoms with Gasteiger partial charge in [-0.15, -0.1) is 0 Å². The molecule has 0 bridgehead atoms. The Balaban J connectivity index is 2.04. The molecule has 0 aliphatic carbocycles. The first-order valence-electron chi connectivity index (χ1n) is 12.4. The number of hydrogen-bond acceptors (Lipinski definition) is 5. The number of hydrogen-bond donors (Lipinski definition) is 2. The molecular weight excluding hydrogens is 580 g/mol. The molecule has 0 spiro atoms. The minimum atomic E-state index is -4.78. The van der Waals surface area contributed by atoms with Crippen molar-refractivity contribution in [3.63, 3.8) is 0 Å². The van der Waals surface area contributed by atoms with Crippen LogP contribution < -0.4 is 15.8 Å². The second-order valence-electron chi connectivity index (χ2n) is 9.45. The number of ketones is 1. The summed E-state index contributed by atoms with van der Waals surface area (Å²) >= 11 is 6.15. The second-order valence-corrected chi connectivity index (χ2v) is 9.89. The topological polar surface area (TPSA) is 111 Å². The first-order chi connectivity index (χ1) is 19.1. The van der Waals surface area contributed by atoms with Crippen LogP contribution in [-0.4, -0.2) is 48.9 Å². The fourth-order valence-electron chi connectivity index (χ4n) is 4.62. The lowest BCUT2D eigenvalue weighted by Crippen LogP contribution is -2.47. The van der Waals surface area contributed by atoms with E-state index in [1.165, 1.54) is 7.11 Å². The second kappa shape index (κ2) is 12.9. The van der Waals surface area contributed by atoms with Gasteiger partial charge in [-0.25, -0.2) is 0 Å². The van der Waals surface area contributed by atoms with Crippen molar-refractivity contribution < 1.29 is 45.5 Å². The highest BCUT2D eigenvalue weighted by Crippen LogP contribution is 2.33. The van der Waals surface area contributed by atoms with Gasteiger partial charge in [0.2, 0.25) is 11.8 Å². The van der Waals surface area contributed by atoms with E-state index in [1.807, 2.05) is 0 Å². The average Bonchev–Trinajstić information content (AvgIpc) is 3.00. The zero-order valence-corrected chi connectivity index (χ0v) is 22.4. The Morgan fingerprint density at radius 1 is 1.05 bits per heavy atom. The van der Waals surface area contributed by atoms with Crippen molar-refractivity contribution in [3.05, 3.63) is 64.2 Å². The number of primary amides is 1. The predicted octanol–water partition coefficient (Wildman–Crippen LogP) is 5.16. The number of aliphatic imine (C=N–C) groups is 1. The van der Waals surface area contributed by atoms with Gasteiger partial charge in [-0.2, -0.15) is 26.3 Å². The van der Waals surface area contributed by atoms with E-state index in [0.29, 0.717) is 27.5 Å². The Morgan fingerprint density at radius 2 is 1.66 bits per heavy atom. The van der Waals surface area contributed by atoms with Crippen molar-refractivity contribution in [1.29, 1.82) is 0 Å². The Hall–Kier alpha value is -3.61. The van der Waals surface area contributed by atoms with Crippen LogP contribution >= 0.6 is 11.6 Å². The lowest BCUT2D eigenvalue weighted by Gasteiger charge is -2.26. The fraction of sp³-hybridized carbons (Fsp3) is 0.407. The zero-order chi connectivity index (χ0) is 30.5. The van der Waals surface area contributed by atoms with Crippen LogP contribution in [0.2, 0.25) is 5.02 Å². The minimum absolute atomic E-state index is 0.202. The number of alkyl halides is 6. The molecule has 0 saturated heterocycles. The number of ether oxygens (including phenoxy) is 1. The number of methoxy groups -OCH3 is 1. The number of amides is 2. The first kappa shape index (κ1) is 31.9. The maximum atomic E-state index is 13.3. The molecular formula is C27H26ClF6N3O4. The number of nitrogens with zero attached hydrogens (tertiary/aromatic N) is 1. The van der Waals surface area contributed by atoms with Gasteiger partial charge >= 0.3 is 12.4 Å². The van der Waals surface area contributed by atoms with E-state index in [0.717, 1.165) is 0 Å². The van der Waals surface area contributed by atoms with Gasteiger partial charge in [0.1, 0.15) is 5.75 Å². The molecule has 3 N–H and O–H groups in total. The van der Waals surface area contributed by atoms with Crippen molar-refractivity contribution >= 4 is 34.9 Å². The van der Waals surface area contributed by atoms with Crippen LogP contribution in [0, 0.1) is 11.8 Å². The molecule has 3 atom stereocenters. The Morgan fingerprint density at radius 3 is 2.22 bits per heavy atom. The largest absolute Gasteiger partial charge is 0.496 e. The van der Waals surface area contributed by atoms with Crippen molar-refractivity contribution in [2.75, 3.05) is 7.11 Å². The van der Waals surface area contributed by atoms with Gasteiger partial charge in [0.05, 0.1) is 12.8 Å². The van der Waals surface area contributed by atoms with E-state index >= 15 is 0 Å². The van der Waals surface area contributed by atoms with Gasteiger partial charge < -0.3 is 15.8 Å². The Bertz CT molecular complexity index is 1330. The number of Topliss-reactive ketones (excluding diaryl/α,β-unsaturated/α-hetero) is 1. The molecule has 222 valence electrons. The van der Waals surface area contributed by atoms with Crippen LogP contribution in [0.5, 0.6) is 5.75 Å². The third kappa shape index (κ3) is 8.69. The molecule has 41 heavy (non-hydrogen) atoms. The summed E-state index contributed by atoms with van der Waals surface area (Å²) < 4.78 is 83.3. The van der Waals surface area contributed by atoms with Gasteiger partial charge in [0, 0.05) is 52.8 Å². The number of rotatable bonds is 10. The highest BCUT2D eigenvalue weighted by atomic mass is 35.5. The summed E-state index contributed by atoms with van der Waals surface area (Å²) in [6.45, 7) is 0. The lowest BCUT2D eigenvalue weighted by molar-refractivity contribution is -0.152. The highest BCUT2D eigenvalue weighted by molar-refractivity contribution is 6.31. The van der Waals surface area contributed by atoms with Crippen molar-refractivity contribution in [2.24, 2.45) is 22.6 Å². The van der Waals surface area contributed by atoms with Crippen LogP contribution in [0.1, 0.15) is 42.4 Å². The number of halogens is 7. The molecule has 1 heterocycles. The minimum Gasteiger partial charge on any atom is -0.496 e. The molecule has 14 heteroatoms. The molecule has 7 nitrogen and oxygen atoms in total. The third-order valence-electron chi connectivity index (χ3n) is 6.56. The van der Waals surface area contributed by atoms with E-state index in [2.05, 4.69) is 10.3 Å². The quantitative estimate of drug-likeness (QED) is 0.365. The van der Waals surface area contributed by atoms with Gasteiger partial charge in [-0.1, -0.05) is 35.9 Å². The van der Waals surface area contributed by atoms with Crippen LogP contribution in [0.3, 0.4) is 0 Å². The van der Waals surface area contributed by atoms with Crippen molar-refractivity contribution in [3.8, 4) is 5.75 Å². The summed E-state index contributed by atoms with van der Waals surface area (Å²) in [6, 6.07) is 11.3.